The van der Waals surface area contributed by atoms with Crippen molar-refractivity contribution in [2.75, 3.05) is 16.4 Å². The predicted octanol–water partition coefficient (Wildman–Crippen LogP) is 4.53. The van der Waals surface area contributed by atoms with E-state index in [-0.39, 0.29) is 0 Å². The molecule has 2 aromatic carbocycles. The molecule has 2 aromatic rings. The number of benzene rings is 2. The minimum absolute atomic E-state index is 0.419. The Labute approximate surface area is 126 Å². The molecule has 0 heterocycles. The van der Waals surface area contributed by atoms with E-state index in [0.717, 1.165) is 5.56 Å². The first-order valence-electron chi connectivity index (χ1n) is 5.85. The molecule has 20 heavy (non-hydrogen) atoms. The molecule has 0 fully saturated rings. The summed E-state index contributed by atoms with van der Waals surface area (Å²) in [5.41, 5.74) is 8.09. The summed E-state index contributed by atoms with van der Waals surface area (Å²) in [5.74, 6) is 0. The zero-order valence-corrected chi connectivity index (χ0v) is 12.2. The van der Waals surface area contributed by atoms with Gasteiger partial charge in [0.2, 0.25) is 0 Å². The Bertz CT molecular complexity index is 659. The Morgan fingerprint density at radius 2 is 1.85 bits per heavy atom. The summed E-state index contributed by atoms with van der Waals surface area (Å²) in [5, 5.41) is 6.26. The zero-order chi connectivity index (χ0) is 14.7. The number of hydrogen-bond acceptors (Lipinski definition) is 2. The fourth-order valence-electron chi connectivity index (χ4n) is 1.64. The van der Waals surface area contributed by atoms with Crippen molar-refractivity contribution in [2.45, 2.75) is 6.92 Å². The van der Waals surface area contributed by atoms with Crippen LogP contribution in [-0.2, 0) is 0 Å². The largest absolute Gasteiger partial charge is 0.399 e. The molecule has 0 aromatic heterocycles. The molecule has 0 saturated heterocycles. The van der Waals surface area contributed by atoms with E-state index in [4.69, 9.17) is 28.9 Å². The number of amides is 2. The first kappa shape index (κ1) is 14.5. The van der Waals surface area contributed by atoms with Gasteiger partial charge in [0.15, 0.2) is 0 Å². The molecule has 0 aliphatic carbocycles. The molecular weight excluding hydrogens is 297 g/mol. The summed E-state index contributed by atoms with van der Waals surface area (Å²) >= 11 is 12.1. The summed E-state index contributed by atoms with van der Waals surface area (Å²) in [6.45, 7) is 1.84. The Morgan fingerprint density at radius 3 is 2.55 bits per heavy atom. The van der Waals surface area contributed by atoms with E-state index < -0.39 is 6.03 Å². The number of aryl methyl sites for hydroxylation is 1. The van der Waals surface area contributed by atoms with Gasteiger partial charge in [-0.3, -0.25) is 0 Å². The van der Waals surface area contributed by atoms with Crippen molar-refractivity contribution in [3.05, 3.63) is 52.0 Å². The Morgan fingerprint density at radius 1 is 1.10 bits per heavy atom. The van der Waals surface area contributed by atoms with Crippen LogP contribution in [0.5, 0.6) is 0 Å². The fraction of sp³-hybridized carbons (Fsp3) is 0.0714. The third-order valence-electron chi connectivity index (χ3n) is 2.64. The second-order valence-electron chi connectivity index (χ2n) is 4.29. The number of anilines is 3. The number of carbonyl (C=O) groups is 1. The molecule has 104 valence electrons. The maximum atomic E-state index is 11.9. The summed E-state index contributed by atoms with van der Waals surface area (Å²) in [6.07, 6.45) is 0. The van der Waals surface area contributed by atoms with Gasteiger partial charge in [0.25, 0.3) is 0 Å². The van der Waals surface area contributed by atoms with Crippen LogP contribution < -0.4 is 16.4 Å². The smallest absolute Gasteiger partial charge is 0.323 e. The van der Waals surface area contributed by atoms with E-state index in [1.807, 2.05) is 6.92 Å². The van der Waals surface area contributed by atoms with Gasteiger partial charge in [-0.2, -0.15) is 0 Å². The molecule has 0 aliphatic heterocycles. The summed E-state index contributed by atoms with van der Waals surface area (Å²) in [7, 11) is 0. The fourth-order valence-corrected chi connectivity index (χ4v) is 2.07. The number of nitrogens with one attached hydrogen (secondary N) is 2. The Kier molecular flexibility index (Phi) is 4.37. The molecule has 0 saturated carbocycles. The maximum Gasteiger partial charge on any atom is 0.323 e. The Hall–Kier alpha value is -1.91. The summed E-state index contributed by atoms with van der Waals surface area (Å²) in [4.78, 5) is 11.9. The lowest BCUT2D eigenvalue weighted by Crippen LogP contribution is -2.19. The molecule has 0 radical (unpaired) electrons. The lowest BCUT2D eigenvalue weighted by atomic mass is 10.2. The van der Waals surface area contributed by atoms with Gasteiger partial charge in [-0.1, -0.05) is 29.3 Å². The van der Waals surface area contributed by atoms with Crippen LogP contribution in [0, 0.1) is 6.92 Å². The molecule has 0 bridgehead atoms. The number of urea groups is 1. The third kappa shape index (κ3) is 3.56. The Balaban J connectivity index is 2.10. The second kappa shape index (κ2) is 6.03. The van der Waals surface area contributed by atoms with Crippen LogP contribution in [0.4, 0.5) is 21.9 Å². The molecule has 0 unspecified atom stereocenters. The number of nitrogen functional groups attached to an aromatic ring is 1. The van der Waals surface area contributed by atoms with Gasteiger partial charge in [0.05, 0.1) is 10.7 Å². The van der Waals surface area contributed by atoms with Crippen molar-refractivity contribution in [3.63, 3.8) is 0 Å². The van der Waals surface area contributed by atoms with Gasteiger partial charge >= 0.3 is 6.03 Å². The highest BCUT2D eigenvalue weighted by Gasteiger charge is 2.08. The van der Waals surface area contributed by atoms with E-state index in [0.29, 0.717) is 27.1 Å². The van der Waals surface area contributed by atoms with Gasteiger partial charge in [0.1, 0.15) is 0 Å². The number of hydrogen-bond donors (Lipinski definition) is 3. The monoisotopic (exact) mass is 309 g/mol. The highest BCUT2D eigenvalue weighted by molar-refractivity contribution is 6.36. The van der Waals surface area contributed by atoms with Crippen molar-refractivity contribution in [1.29, 1.82) is 0 Å². The van der Waals surface area contributed by atoms with Gasteiger partial charge in [0, 0.05) is 16.4 Å². The minimum Gasteiger partial charge on any atom is -0.399 e. The predicted molar refractivity (Wildman–Crippen MR) is 84.7 cm³/mol. The maximum absolute atomic E-state index is 11.9. The molecule has 0 spiro atoms. The first-order chi connectivity index (χ1) is 9.45. The molecule has 2 amide bonds. The normalized spacial score (nSPS) is 10.2. The lowest BCUT2D eigenvalue weighted by Gasteiger charge is -2.11. The van der Waals surface area contributed by atoms with E-state index >= 15 is 0 Å². The molecule has 6 heteroatoms. The van der Waals surface area contributed by atoms with E-state index in [9.17, 15) is 4.79 Å². The number of halogens is 2. The van der Waals surface area contributed by atoms with Crippen molar-refractivity contribution in [3.8, 4) is 0 Å². The van der Waals surface area contributed by atoms with Gasteiger partial charge in [-0.05, 0) is 42.8 Å². The highest BCUT2D eigenvalue weighted by atomic mass is 35.5. The van der Waals surface area contributed by atoms with Gasteiger partial charge in [-0.15, -0.1) is 0 Å². The average molecular weight is 310 g/mol. The van der Waals surface area contributed by atoms with Crippen molar-refractivity contribution < 1.29 is 4.79 Å². The van der Waals surface area contributed by atoms with Crippen LogP contribution in [0.2, 0.25) is 10.0 Å². The summed E-state index contributed by atoms with van der Waals surface area (Å²) in [6, 6.07) is 9.76. The number of carbonyl (C=O) groups excluding carboxylic acids is 1. The molecule has 4 nitrogen and oxygen atoms in total. The van der Waals surface area contributed by atoms with Crippen LogP contribution in [0.3, 0.4) is 0 Å². The molecular formula is C14H13Cl2N3O. The molecule has 0 aliphatic rings. The van der Waals surface area contributed by atoms with E-state index in [1.54, 1.807) is 36.4 Å². The lowest BCUT2D eigenvalue weighted by molar-refractivity contribution is 0.262. The SMILES string of the molecule is Cc1cc(Cl)c(NC(=O)Nc2cccc(N)c2)cc1Cl. The van der Waals surface area contributed by atoms with Crippen LogP contribution in [0.15, 0.2) is 36.4 Å². The van der Waals surface area contributed by atoms with Crippen LogP contribution in [-0.4, -0.2) is 6.03 Å². The summed E-state index contributed by atoms with van der Waals surface area (Å²) < 4.78 is 0. The van der Waals surface area contributed by atoms with Gasteiger partial charge < -0.3 is 16.4 Å². The first-order valence-corrected chi connectivity index (χ1v) is 6.60. The second-order valence-corrected chi connectivity index (χ2v) is 5.10. The van der Waals surface area contributed by atoms with Crippen molar-refractivity contribution in [1.82, 2.24) is 0 Å². The quantitative estimate of drug-likeness (QED) is 0.713. The van der Waals surface area contributed by atoms with Crippen LogP contribution >= 0.6 is 23.2 Å². The van der Waals surface area contributed by atoms with Gasteiger partial charge in [-0.25, -0.2) is 4.79 Å². The van der Waals surface area contributed by atoms with Crippen molar-refractivity contribution in [2.24, 2.45) is 0 Å². The average Bonchev–Trinajstić information content (AvgIpc) is 2.36. The molecule has 2 rings (SSSR count). The minimum atomic E-state index is -0.419. The molecule has 4 N–H and O–H groups in total. The van der Waals surface area contributed by atoms with Crippen LogP contribution in [0.1, 0.15) is 5.56 Å². The topological polar surface area (TPSA) is 67.2 Å². The third-order valence-corrected chi connectivity index (χ3v) is 3.36. The molecule has 0 atom stereocenters. The number of nitrogens with two attached hydrogens (primary N) is 1. The van der Waals surface area contributed by atoms with E-state index in [2.05, 4.69) is 10.6 Å². The number of rotatable bonds is 2. The van der Waals surface area contributed by atoms with Crippen LogP contribution in [0.25, 0.3) is 0 Å². The highest BCUT2D eigenvalue weighted by Crippen LogP contribution is 2.28. The van der Waals surface area contributed by atoms with Crippen molar-refractivity contribution >= 4 is 46.3 Å². The standard InChI is InChI=1S/C14H13Cl2N3O/c1-8-5-12(16)13(7-11(8)15)19-14(20)18-10-4-2-3-9(17)6-10/h2-7H,17H2,1H3,(H2,18,19,20). The zero-order valence-electron chi connectivity index (χ0n) is 10.7. The van der Waals surface area contributed by atoms with E-state index in [1.165, 1.54) is 0 Å².